The van der Waals surface area contributed by atoms with Crippen molar-refractivity contribution in [3.63, 3.8) is 0 Å². The first-order valence-electron chi connectivity index (χ1n) is 7.30. The SMILES string of the molecule is CCC1CCNC(C(=O)N2CCCC2CC)C1. The highest BCUT2D eigenvalue weighted by Crippen LogP contribution is 2.25. The van der Waals surface area contributed by atoms with Crippen molar-refractivity contribution in [1.82, 2.24) is 10.2 Å². The molecule has 0 spiro atoms. The molecule has 2 fully saturated rings. The number of carbonyl (C=O) groups is 1. The summed E-state index contributed by atoms with van der Waals surface area (Å²) in [6, 6.07) is 0.604. The van der Waals surface area contributed by atoms with Gasteiger partial charge in [-0.05, 0) is 44.6 Å². The second-order valence-electron chi connectivity index (χ2n) is 5.54. The number of rotatable bonds is 3. The fourth-order valence-corrected chi connectivity index (χ4v) is 3.31. The van der Waals surface area contributed by atoms with E-state index in [9.17, 15) is 4.79 Å². The zero-order valence-electron chi connectivity index (χ0n) is 11.2. The van der Waals surface area contributed by atoms with Gasteiger partial charge >= 0.3 is 0 Å². The minimum atomic E-state index is 0.0980. The highest BCUT2D eigenvalue weighted by molar-refractivity contribution is 5.82. The summed E-state index contributed by atoms with van der Waals surface area (Å²) in [6.07, 6.45) is 6.98. The van der Waals surface area contributed by atoms with E-state index in [-0.39, 0.29) is 6.04 Å². The van der Waals surface area contributed by atoms with Crippen LogP contribution in [0.15, 0.2) is 0 Å². The molecule has 17 heavy (non-hydrogen) atoms. The van der Waals surface area contributed by atoms with Gasteiger partial charge in [-0.15, -0.1) is 0 Å². The van der Waals surface area contributed by atoms with Gasteiger partial charge in [0.2, 0.25) is 5.91 Å². The molecular weight excluding hydrogens is 212 g/mol. The summed E-state index contributed by atoms with van der Waals surface area (Å²) < 4.78 is 0. The van der Waals surface area contributed by atoms with E-state index in [0.717, 1.165) is 31.8 Å². The third kappa shape index (κ3) is 2.82. The maximum atomic E-state index is 12.5. The average molecular weight is 238 g/mol. The molecule has 2 heterocycles. The van der Waals surface area contributed by atoms with Crippen LogP contribution in [0, 0.1) is 5.92 Å². The highest BCUT2D eigenvalue weighted by Gasteiger charge is 2.34. The van der Waals surface area contributed by atoms with Crippen LogP contribution in [-0.2, 0) is 4.79 Å². The summed E-state index contributed by atoms with van der Waals surface area (Å²) in [5, 5.41) is 3.41. The Morgan fingerprint density at radius 1 is 1.29 bits per heavy atom. The molecule has 3 heteroatoms. The minimum absolute atomic E-state index is 0.0980. The van der Waals surface area contributed by atoms with Crippen LogP contribution in [0.25, 0.3) is 0 Å². The number of piperidine rings is 1. The lowest BCUT2D eigenvalue weighted by atomic mass is 9.90. The van der Waals surface area contributed by atoms with E-state index in [1.54, 1.807) is 0 Å². The first-order valence-corrected chi connectivity index (χ1v) is 7.30. The largest absolute Gasteiger partial charge is 0.338 e. The summed E-state index contributed by atoms with van der Waals surface area (Å²) in [5.74, 6) is 1.11. The summed E-state index contributed by atoms with van der Waals surface area (Å²) >= 11 is 0. The van der Waals surface area contributed by atoms with E-state index in [1.165, 1.54) is 25.7 Å². The molecule has 1 amide bonds. The molecule has 3 nitrogen and oxygen atoms in total. The van der Waals surface area contributed by atoms with Gasteiger partial charge in [-0.1, -0.05) is 20.3 Å². The maximum Gasteiger partial charge on any atom is 0.239 e. The Morgan fingerprint density at radius 3 is 2.82 bits per heavy atom. The van der Waals surface area contributed by atoms with Crippen molar-refractivity contribution in [2.45, 2.75) is 64.5 Å². The zero-order valence-corrected chi connectivity index (χ0v) is 11.2. The fourth-order valence-electron chi connectivity index (χ4n) is 3.31. The maximum absolute atomic E-state index is 12.5. The molecule has 2 aliphatic heterocycles. The van der Waals surface area contributed by atoms with E-state index >= 15 is 0 Å². The van der Waals surface area contributed by atoms with Crippen LogP contribution in [0.3, 0.4) is 0 Å². The van der Waals surface area contributed by atoms with E-state index in [4.69, 9.17) is 0 Å². The van der Waals surface area contributed by atoms with Crippen LogP contribution in [0.2, 0.25) is 0 Å². The van der Waals surface area contributed by atoms with Crippen molar-refractivity contribution in [2.24, 2.45) is 5.92 Å². The number of carbonyl (C=O) groups excluding carboxylic acids is 1. The first-order chi connectivity index (χ1) is 8.26. The van der Waals surface area contributed by atoms with E-state index in [1.807, 2.05) is 0 Å². The molecule has 0 aromatic heterocycles. The molecule has 2 saturated heterocycles. The van der Waals surface area contributed by atoms with E-state index in [0.29, 0.717) is 11.9 Å². The first kappa shape index (κ1) is 12.9. The number of hydrogen-bond donors (Lipinski definition) is 1. The van der Waals surface area contributed by atoms with Crippen molar-refractivity contribution >= 4 is 5.91 Å². The molecule has 98 valence electrons. The van der Waals surface area contributed by atoms with E-state index in [2.05, 4.69) is 24.1 Å². The Labute approximate surface area is 105 Å². The average Bonchev–Trinajstić information content (AvgIpc) is 2.86. The predicted molar refractivity (Wildman–Crippen MR) is 69.8 cm³/mol. The molecule has 0 aromatic rings. The van der Waals surface area contributed by atoms with Gasteiger partial charge in [0.25, 0.3) is 0 Å². The topological polar surface area (TPSA) is 32.3 Å². The van der Waals surface area contributed by atoms with Crippen LogP contribution in [0.5, 0.6) is 0 Å². The number of nitrogens with zero attached hydrogens (tertiary/aromatic N) is 1. The lowest BCUT2D eigenvalue weighted by molar-refractivity contribution is -0.135. The minimum Gasteiger partial charge on any atom is -0.338 e. The lowest BCUT2D eigenvalue weighted by Crippen LogP contribution is -2.51. The molecule has 0 saturated carbocycles. The highest BCUT2D eigenvalue weighted by atomic mass is 16.2. The van der Waals surface area contributed by atoms with Crippen molar-refractivity contribution in [2.75, 3.05) is 13.1 Å². The van der Waals surface area contributed by atoms with Gasteiger partial charge in [-0.25, -0.2) is 0 Å². The monoisotopic (exact) mass is 238 g/mol. The molecule has 2 rings (SSSR count). The number of hydrogen-bond acceptors (Lipinski definition) is 2. The van der Waals surface area contributed by atoms with Gasteiger partial charge in [-0.3, -0.25) is 4.79 Å². The van der Waals surface area contributed by atoms with Crippen molar-refractivity contribution in [3.8, 4) is 0 Å². The zero-order chi connectivity index (χ0) is 12.3. The third-order valence-corrected chi connectivity index (χ3v) is 4.52. The summed E-state index contributed by atoms with van der Waals surface area (Å²) in [4.78, 5) is 14.6. The molecule has 1 N–H and O–H groups in total. The molecule has 0 radical (unpaired) electrons. The van der Waals surface area contributed by atoms with Gasteiger partial charge < -0.3 is 10.2 Å². The van der Waals surface area contributed by atoms with E-state index < -0.39 is 0 Å². The summed E-state index contributed by atoms with van der Waals surface area (Å²) in [5.41, 5.74) is 0. The van der Waals surface area contributed by atoms with Crippen LogP contribution >= 0.6 is 0 Å². The second kappa shape index (κ2) is 5.85. The van der Waals surface area contributed by atoms with Gasteiger partial charge in [0.1, 0.15) is 0 Å². The normalized spacial score (nSPS) is 34.0. The Kier molecular flexibility index (Phi) is 4.43. The fraction of sp³-hybridized carbons (Fsp3) is 0.929. The Bertz CT molecular complexity index is 267. The Balaban J connectivity index is 1.94. The van der Waals surface area contributed by atoms with Crippen LogP contribution in [0.1, 0.15) is 52.4 Å². The van der Waals surface area contributed by atoms with Crippen molar-refractivity contribution in [1.29, 1.82) is 0 Å². The molecule has 0 aliphatic carbocycles. The molecular formula is C14H26N2O. The molecule has 2 aliphatic rings. The van der Waals surface area contributed by atoms with Crippen LogP contribution < -0.4 is 5.32 Å². The van der Waals surface area contributed by atoms with Crippen LogP contribution in [0.4, 0.5) is 0 Å². The van der Waals surface area contributed by atoms with Gasteiger partial charge in [0.15, 0.2) is 0 Å². The summed E-state index contributed by atoms with van der Waals surface area (Å²) in [6.45, 7) is 6.42. The Morgan fingerprint density at radius 2 is 2.12 bits per heavy atom. The number of likely N-dealkylation sites (tertiary alicyclic amines) is 1. The van der Waals surface area contributed by atoms with Gasteiger partial charge in [0, 0.05) is 12.6 Å². The lowest BCUT2D eigenvalue weighted by Gasteiger charge is -2.33. The predicted octanol–water partition coefficient (Wildman–Crippen LogP) is 2.17. The van der Waals surface area contributed by atoms with Crippen molar-refractivity contribution < 1.29 is 4.79 Å². The quantitative estimate of drug-likeness (QED) is 0.817. The molecule has 3 atom stereocenters. The molecule has 0 aromatic carbocycles. The second-order valence-corrected chi connectivity index (χ2v) is 5.54. The standard InChI is InChI=1S/C14H26N2O/c1-3-11-7-8-15-13(10-11)14(17)16-9-5-6-12(16)4-2/h11-13,15H,3-10H2,1-2H3. The van der Waals surface area contributed by atoms with Crippen molar-refractivity contribution in [3.05, 3.63) is 0 Å². The van der Waals surface area contributed by atoms with Gasteiger partial charge in [-0.2, -0.15) is 0 Å². The molecule has 0 bridgehead atoms. The summed E-state index contributed by atoms with van der Waals surface area (Å²) in [7, 11) is 0. The third-order valence-electron chi connectivity index (χ3n) is 4.52. The number of amides is 1. The number of nitrogens with one attached hydrogen (secondary N) is 1. The van der Waals surface area contributed by atoms with Gasteiger partial charge in [0.05, 0.1) is 6.04 Å². The molecule has 3 unspecified atom stereocenters. The smallest absolute Gasteiger partial charge is 0.239 e. The van der Waals surface area contributed by atoms with Crippen LogP contribution in [-0.4, -0.2) is 36.0 Å². The Hall–Kier alpha value is -0.570.